The number of nitrogens with zero attached hydrogens (tertiary/aromatic N) is 2. The largest absolute Gasteiger partial charge is 0.435 e. The van der Waals surface area contributed by atoms with Crippen molar-refractivity contribution in [1.82, 2.24) is 9.80 Å². The predicted molar refractivity (Wildman–Crippen MR) is 100 cm³/mol. The summed E-state index contributed by atoms with van der Waals surface area (Å²) in [5.41, 5.74) is 1.16. The minimum Gasteiger partial charge on any atom is -0.435 e. The van der Waals surface area contributed by atoms with Gasteiger partial charge in [-0.05, 0) is 36.4 Å². The SMILES string of the molecule is O=C(CN1CCN(C(=O)c2ccc(OC(F)F)cc2)CC1)Nc1ccccc1. The lowest BCUT2D eigenvalue weighted by Gasteiger charge is -2.34. The van der Waals surface area contributed by atoms with Crippen molar-refractivity contribution in [2.45, 2.75) is 6.61 Å². The fourth-order valence-corrected chi connectivity index (χ4v) is 3.00. The molecule has 28 heavy (non-hydrogen) atoms. The summed E-state index contributed by atoms with van der Waals surface area (Å²) in [6.45, 7) is -0.481. The van der Waals surface area contributed by atoms with E-state index in [9.17, 15) is 18.4 Å². The highest BCUT2D eigenvalue weighted by molar-refractivity contribution is 5.94. The standard InChI is InChI=1S/C20H21F2N3O3/c21-20(22)28-17-8-6-15(7-9-17)19(27)25-12-10-24(11-13-25)14-18(26)23-16-4-2-1-3-5-16/h1-9,20H,10-14H2,(H,23,26). The minimum absolute atomic E-state index is 0.0146. The monoisotopic (exact) mass is 389 g/mol. The lowest BCUT2D eigenvalue weighted by Crippen LogP contribution is -2.50. The van der Waals surface area contributed by atoms with Gasteiger partial charge in [0.1, 0.15) is 5.75 Å². The number of piperazine rings is 1. The number of rotatable bonds is 6. The Hall–Kier alpha value is -3.00. The van der Waals surface area contributed by atoms with Crippen molar-refractivity contribution in [2.24, 2.45) is 0 Å². The molecule has 2 aromatic carbocycles. The number of carbonyl (C=O) groups excluding carboxylic acids is 2. The molecule has 0 radical (unpaired) electrons. The van der Waals surface area contributed by atoms with E-state index in [1.54, 1.807) is 4.90 Å². The van der Waals surface area contributed by atoms with Gasteiger partial charge in [-0.15, -0.1) is 0 Å². The summed E-state index contributed by atoms with van der Waals surface area (Å²) >= 11 is 0. The van der Waals surface area contributed by atoms with Gasteiger partial charge in [-0.25, -0.2) is 0 Å². The molecule has 0 aromatic heterocycles. The molecule has 1 aliphatic rings. The number of benzene rings is 2. The smallest absolute Gasteiger partial charge is 0.387 e. The van der Waals surface area contributed by atoms with Crippen molar-refractivity contribution in [2.75, 3.05) is 38.0 Å². The first-order chi connectivity index (χ1) is 13.5. The van der Waals surface area contributed by atoms with Crippen LogP contribution in [0.4, 0.5) is 14.5 Å². The summed E-state index contributed by atoms with van der Waals surface area (Å²) in [5.74, 6) is -0.252. The van der Waals surface area contributed by atoms with E-state index in [-0.39, 0.29) is 24.1 Å². The summed E-state index contributed by atoms with van der Waals surface area (Å²) < 4.78 is 28.7. The molecular weight excluding hydrogens is 368 g/mol. The van der Waals surface area contributed by atoms with Crippen molar-refractivity contribution >= 4 is 17.5 Å². The average Bonchev–Trinajstić information content (AvgIpc) is 2.69. The normalized spacial score (nSPS) is 14.8. The van der Waals surface area contributed by atoms with E-state index in [2.05, 4.69) is 10.1 Å². The molecular formula is C20H21F2N3O3. The molecule has 1 N–H and O–H groups in total. The van der Waals surface area contributed by atoms with E-state index in [1.165, 1.54) is 24.3 Å². The molecule has 1 fully saturated rings. The first-order valence-electron chi connectivity index (χ1n) is 8.92. The Bertz CT molecular complexity index is 792. The molecule has 1 aliphatic heterocycles. The summed E-state index contributed by atoms with van der Waals surface area (Å²) in [6, 6.07) is 14.9. The van der Waals surface area contributed by atoms with E-state index in [0.29, 0.717) is 31.7 Å². The highest BCUT2D eigenvalue weighted by Gasteiger charge is 2.23. The van der Waals surface area contributed by atoms with Crippen LogP contribution in [0.25, 0.3) is 0 Å². The molecule has 1 saturated heterocycles. The van der Waals surface area contributed by atoms with Gasteiger partial charge >= 0.3 is 6.61 Å². The maximum absolute atomic E-state index is 12.5. The van der Waals surface area contributed by atoms with Crippen LogP contribution in [-0.4, -0.2) is 60.9 Å². The molecule has 148 valence electrons. The number of anilines is 1. The number of amides is 2. The third kappa shape index (κ3) is 5.50. The van der Waals surface area contributed by atoms with Gasteiger partial charge in [0.25, 0.3) is 5.91 Å². The number of hydrogen-bond acceptors (Lipinski definition) is 4. The second-order valence-corrected chi connectivity index (χ2v) is 6.39. The van der Waals surface area contributed by atoms with Gasteiger partial charge in [-0.1, -0.05) is 18.2 Å². The third-order valence-corrected chi connectivity index (χ3v) is 4.41. The Kier molecular flexibility index (Phi) is 6.54. The van der Waals surface area contributed by atoms with Crippen LogP contribution in [-0.2, 0) is 4.79 Å². The van der Waals surface area contributed by atoms with Gasteiger partial charge in [-0.3, -0.25) is 14.5 Å². The van der Waals surface area contributed by atoms with Gasteiger partial charge < -0.3 is 15.0 Å². The van der Waals surface area contributed by atoms with Crippen LogP contribution in [0, 0.1) is 0 Å². The Labute approximate surface area is 161 Å². The lowest BCUT2D eigenvalue weighted by atomic mass is 10.1. The van der Waals surface area contributed by atoms with Gasteiger partial charge in [0, 0.05) is 37.4 Å². The van der Waals surface area contributed by atoms with Crippen LogP contribution in [0.2, 0.25) is 0 Å². The van der Waals surface area contributed by atoms with E-state index in [1.807, 2.05) is 35.2 Å². The molecule has 2 aromatic rings. The van der Waals surface area contributed by atoms with Gasteiger partial charge in [0.2, 0.25) is 5.91 Å². The van der Waals surface area contributed by atoms with Crippen LogP contribution in [0.15, 0.2) is 54.6 Å². The number of para-hydroxylation sites is 1. The Morgan fingerprint density at radius 3 is 2.21 bits per heavy atom. The lowest BCUT2D eigenvalue weighted by molar-refractivity contribution is -0.117. The van der Waals surface area contributed by atoms with Crippen molar-refractivity contribution < 1.29 is 23.1 Å². The Morgan fingerprint density at radius 1 is 0.964 bits per heavy atom. The molecule has 8 heteroatoms. The second kappa shape index (κ2) is 9.27. The topological polar surface area (TPSA) is 61.9 Å². The number of carbonyl (C=O) groups is 2. The molecule has 0 aliphatic carbocycles. The van der Waals surface area contributed by atoms with Crippen LogP contribution in [0.3, 0.4) is 0 Å². The van der Waals surface area contributed by atoms with Gasteiger partial charge in [-0.2, -0.15) is 8.78 Å². The van der Waals surface area contributed by atoms with Crippen molar-refractivity contribution in [3.8, 4) is 5.75 Å². The Balaban J connectivity index is 1.46. The van der Waals surface area contributed by atoms with E-state index < -0.39 is 6.61 Å². The molecule has 3 rings (SSSR count). The molecule has 0 bridgehead atoms. The van der Waals surface area contributed by atoms with E-state index in [4.69, 9.17) is 0 Å². The summed E-state index contributed by atoms with van der Waals surface area (Å²) in [5, 5.41) is 2.84. The van der Waals surface area contributed by atoms with E-state index >= 15 is 0 Å². The second-order valence-electron chi connectivity index (χ2n) is 6.39. The number of hydrogen-bond donors (Lipinski definition) is 1. The van der Waals surface area contributed by atoms with Crippen LogP contribution in [0.1, 0.15) is 10.4 Å². The van der Waals surface area contributed by atoms with Crippen LogP contribution >= 0.6 is 0 Å². The zero-order valence-electron chi connectivity index (χ0n) is 15.2. The highest BCUT2D eigenvalue weighted by atomic mass is 19.3. The minimum atomic E-state index is -2.89. The predicted octanol–water partition coefficient (Wildman–Crippen LogP) is 2.68. The molecule has 0 spiro atoms. The maximum Gasteiger partial charge on any atom is 0.387 e. The molecule has 0 saturated carbocycles. The third-order valence-electron chi connectivity index (χ3n) is 4.41. The first-order valence-corrected chi connectivity index (χ1v) is 8.92. The van der Waals surface area contributed by atoms with Crippen LogP contribution in [0.5, 0.6) is 5.75 Å². The Morgan fingerprint density at radius 2 is 1.61 bits per heavy atom. The van der Waals surface area contributed by atoms with Crippen molar-refractivity contribution in [1.29, 1.82) is 0 Å². The number of halogens is 2. The fraction of sp³-hybridized carbons (Fsp3) is 0.300. The molecule has 2 amide bonds. The first kappa shape index (κ1) is 19.8. The van der Waals surface area contributed by atoms with Crippen molar-refractivity contribution in [3.63, 3.8) is 0 Å². The molecule has 0 unspecified atom stereocenters. The van der Waals surface area contributed by atoms with Gasteiger partial charge in [0.15, 0.2) is 0 Å². The summed E-state index contributed by atoms with van der Waals surface area (Å²) in [7, 11) is 0. The summed E-state index contributed by atoms with van der Waals surface area (Å²) in [6.07, 6.45) is 0. The molecule has 6 nitrogen and oxygen atoms in total. The molecule has 1 heterocycles. The quantitative estimate of drug-likeness (QED) is 0.825. The summed E-state index contributed by atoms with van der Waals surface area (Å²) in [4.78, 5) is 28.3. The number of nitrogens with one attached hydrogen (secondary N) is 1. The van der Waals surface area contributed by atoms with E-state index in [0.717, 1.165) is 5.69 Å². The highest BCUT2D eigenvalue weighted by Crippen LogP contribution is 2.17. The van der Waals surface area contributed by atoms with Crippen LogP contribution < -0.4 is 10.1 Å². The van der Waals surface area contributed by atoms with Crippen molar-refractivity contribution in [3.05, 3.63) is 60.2 Å². The average molecular weight is 389 g/mol. The fourth-order valence-electron chi connectivity index (χ4n) is 3.00. The number of ether oxygens (including phenoxy) is 1. The zero-order chi connectivity index (χ0) is 19.9. The maximum atomic E-state index is 12.5. The number of alkyl halides is 2. The molecule has 0 atom stereocenters. The zero-order valence-corrected chi connectivity index (χ0v) is 15.2. The van der Waals surface area contributed by atoms with Gasteiger partial charge in [0.05, 0.1) is 6.54 Å².